The number of nitrogens with zero attached hydrogens (tertiary/aromatic N) is 2. The van der Waals surface area contributed by atoms with E-state index in [9.17, 15) is 4.79 Å². The van der Waals surface area contributed by atoms with E-state index in [4.69, 9.17) is 16.1 Å². The third-order valence-corrected chi connectivity index (χ3v) is 5.95. The van der Waals surface area contributed by atoms with Gasteiger partial charge in [0, 0.05) is 46.8 Å². The molecule has 0 atom stereocenters. The van der Waals surface area contributed by atoms with Crippen LogP contribution in [-0.2, 0) is 0 Å². The van der Waals surface area contributed by atoms with Gasteiger partial charge in [-0.1, -0.05) is 35.0 Å². The molecular formula is C23H20ClN3O2. The van der Waals surface area contributed by atoms with Crippen molar-refractivity contribution in [1.29, 1.82) is 0 Å². The zero-order valence-corrected chi connectivity index (χ0v) is 16.5. The fraction of sp³-hybridized carbons (Fsp3) is 0.217. The zero-order valence-electron chi connectivity index (χ0n) is 15.8. The number of benzene rings is 2. The van der Waals surface area contributed by atoms with Crippen LogP contribution in [0, 0.1) is 0 Å². The maximum atomic E-state index is 12.9. The van der Waals surface area contributed by atoms with Gasteiger partial charge in [-0.3, -0.25) is 4.79 Å². The molecule has 3 heterocycles. The zero-order chi connectivity index (χ0) is 19.8. The summed E-state index contributed by atoms with van der Waals surface area (Å²) < 4.78 is 5.39. The van der Waals surface area contributed by atoms with E-state index >= 15 is 0 Å². The summed E-state index contributed by atoms with van der Waals surface area (Å²) in [7, 11) is 0. The largest absolute Gasteiger partial charge is 0.361 e. The van der Waals surface area contributed by atoms with Crippen molar-refractivity contribution in [1.82, 2.24) is 15.0 Å². The highest BCUT2D eigenvalue weighted by atomic mass is 35.5. The standard InChI is InChI=1S/C23H20ClN3O2/c24-17-7-5-16(6-8-17)22-13-21(26-29-22)23(28)27-11-9-15(10-12-27)19-14-25-20-4-2-1-3-18(19)20/h1-8,13-15,25H,9-12H2. The molecule has 4 aromatic rings. The van der Waals surface area contributed by atoms with Gasteiger partial charge < -0.3 is 14.4 Å². The van der Waals surface area contributed by atoms with Crippen LogP contribution in [-0.4, -0.2) is 34.0 Å². The van der Waals surface area contributed by atoms with Gasteiger partial charge >= 0.3 is 0 Å². The molecule has 5 rings (SSSR count). The molecule has 0 unspecified atom stereocenters. The number of hydrogen-bond acceptors (Lipinski definition) is 3. The molecule has 0 saturated carbocycles. The second kappa shape index (κ2) is 7.41. The van der Waals surface area contributed by atoms with Crippen molar-refractivity contribution in [2.75, 3.05) is 13.1 Å². The average molecular weight is 406 g/mol. The molecule has 2 aromatic carbocycles. The Morgan fingerprint density at radius 1 is 1.10 bits per heavy atom. The van der Waals surface area contributed by atoms with E-state index in [0.717, 1.165) is 18.4 Å². The lowest BCUT2D eigenvalue weighted by Crippen LogP contribution is -2.38. The van der Waals surface area contributed by atoms with Gasteiger partial charge in [-0.25, -0.2) is 0 Å². The third kappa shape index (κ3) is 3.42. The summed E-state index contributed by atoms with van der Waals surface area (Å²) in [5.74, 6) is 0.946. The molecule has 1 saturated heterocycles. The molecule has 0 bridgehead atoms. The molecule has 1 aliphatic heterocycles. The first-order valence-electron chi connectivity index (χ1n) is 9.77. The van der Waals surface area contributed by atoms with Crippen LogP contribution in [0.1, 0.15) is 34.8 Å². The predicted octanol–water partition coefficient (Wildman–Crippen LogP) is 5.50. The lowest BCUT2D eigenvalue weighted by molar-refractivity contribution is 0.0703. The van der Waals surface area contributed by atoms with Gasteiger partial charge in [0.25, 0.3) is 5.91 Å². The summed E-state index contributed by atoms with van der Waals surface area (Å²) in [6, 6.07) is 17.4. The van der Waals surface area contributed by atoms with Gasteiger partial charge in [0.2, 0.25) is 0 Å². The van der Waals surface area contributed by atoms with E-state index in [1.54, 1.807) is 18.2 Å². The van der Waals surface area contributed by atoms with Gasteiger partial charge in [-0.2, -0.15) is 0 Å². The van der Waals surface area contributed by atoms with E-state index in [1.165, 1.54) is 16.5 Å². The number of para-hydroxylation sites is 1. The van der Waals surface area contributed by atoms with Crippen LogP contribution < -0.4 is 0 Å². The Morgan fingerprint density at radius 3 is 2.66 bits per heavy atom. The molecule has 1 amide bonds. The minimum absolute atomic E-state index is 0.0775. The van der Waals surface area contributed by atoms with Crippen LogP contribution in [0.15, 0.2) is 65.3 Å². The van der Waals surface area contributed by atoms with Crippen molar-refractivity contribution < 1.29 is 9.32 Å². The summed E-state index contributed by atoms with van der Waals surface area (Å²) in [4.78, 5) is 18.1. The number of carbonyl (C=O) groups excluding carboxylic acids is 1. The monoisotopic (exact) mass is 405 g/mol. The van der Waals surface area contributed by atoms with Crippen LogP contribution >= 0.6 is 11.6 Å². The number of hydrogen-bond donors (Lipinski definition) is 1. The number of rotatable bonds is 3. The van der Waals surface area contributed by atoms with Gasteiger partial charge in [0.15, 0.2) is 11.5 Å². The molecule has 0 radical (unpaired) electrons. The molecular weight excluding hydrogens is 386 g/mol. The highest BCUT2D eigenvalue weighted by Gasteiger charge is 2.27. The Labute approximate surface area is 173 Å². The first kappa shape index (κ1) is 18.0. The molecule has 2 aromatic heterocycles. The summed E-state index contributed by atoms with van der Waals surface area (Å²) in [6.45, 7) is 1.43. The number of aromatic nitrogens is 2. The Balaban J connectivity index is 1.27. The lowest BCUT2D eigenvalue weighted by Gasteiger charge is -2.31. The van der Waals surface area contributed by atoms with Gasteiger partial charge in [0.05, 0.1) is 0 Å². The van der Waals surface area contributed by atoms with Crippen LogP contribution in [0.3, 0.4) is 0 Å². The molecule has 0 spiro atoms. The number of carbonyl (C=O) groups is 1. The maximum Gasteiger partial charge on any atom is 0.276 e. The van der Waals surface area contributed by atoms with Crippen LogP contribution in [0.4, 0.5) is 0 Å². The van der Waals surface area contributed by atoms with Crippen LogP contribution in [0.5, 0.6) is 0 Å². The number of H-pyrrole nitrogens is 1. The number of nitrogens with one attached hydrogen (secondary N) is 1. The normalized spacial score (nSPS) is 15.1. The number of amides is 1. The maximum absolute atomic E-state index is 12.9. The quantitative estimate of drug-likeness (QED) is 0.489. The van der Waals surface area contributed by atoms with Gasteiger partial charge in [0.1, 0.15) is 0 Å². The highest BCUT2D eigenvalue weighted by molar-refractivity contribution is 6.30. The third-order valence-electron chi connectivity index (χ3n) is 5.70. The molecule has 1 aliphatic rings. The van der Waals surface area contributed by atoms with Crippen molar-refractivity contribution in [2.45, 2.75) is 18.8 Å². The van der Waals surface area contributed by atoms with Crippen molar-refractivity contribution >= 4 is 28.4 Å². The van der Waals surface area contributed by atoms with Gasteiger partial charge in [-0.05, 0) is 54.7 Å². The van der Waals surface area contributed by atoms with E-state index in [1.807, 2.05) is 23.1 Å². The van der Waals surface area contributed by atoms with Gasteiger partial charge in [-0.15, -0.1) is 0 Å². The molecule has 5 nitrogen and oxygen atoms in total. The Morgan fingerprint density at radius 2 is 1.86 bits per heavy atom. The first-order chi connectivity index (χ1) is 14.2. The smallest absolute Gasteiger partial charge is 0.276 e. The van der Waals surface area contributed by atoms with Crippen molar-refractivity contribution in [2.24, 2.45) is 0 Å². The average Bonchev–Trinajstić information content (AvgIpc) is 3.42. The SMILES string of the molecule is O=C(c1cc(-c2ccc(Cl)cc2)on1)N1CCC(c2c[nH]c3ccccc23)CC1. The molecule has 29 heavy (non-hydrogen) atoms. The van der Waals surface area contributed by atoms with Crippen LogP contribution in [0.2, 0.25) is 5.02 Å². The number of aromatic amines is 1. The Bertz CT molecular complexity index is 1150. The lowest BCUT2D eigenvalue weighted by atomic mass is 9.89. The minimum atomic E-state index is -0.0775. The van der Waals surface area contributed by atoms with Crippen molar-refractivity contribution in [3.8, 4) is 11.3 Å². The number of piperidine rings is 1. The summed E-state index contributed by atoms with van der Waals surface area (Å²) >= 11 is 5.93. The molecule has 6 heteroatoms. The second-order valence-corrected chi connectivity index (χ2v) is 7.88. The van der Waals surface area contributed by atoms with Crippen LogP contribution in [0.25, 0.3) is 22.2 Å². The summed E-state index contributed by atoms with van der Waals surface area (Å²) in [6.07, 6.45) is 3.99. The van der Waals surface area contributed by atoms with E-state index in [0.29, 0.717) is 35.5 Å². The van der Waals surface area contributed by atoms with Crippen molar-refractivity contribution in [3.05, 3.63) is 77.1 Å². The number of fused-ring (bicyclic) bond motifs is 1. The molecule has 1 fully saturated rings. The molecule has 0 aliphatic carbocycles. The number of likely N-dealkylation sites (tertiary alicyclic amines) is 1. The fourth-order valence-corrected chi connectivity index (χ4v) is 4.24. The highest BCUT2D eigenvalue weighted by Crippen LogP contribution is 2.33. The predicted molar refractivity (Wildman–Crippen MR) is 113 cm³/mol. The van der Waals surface area contributed by atoms with E-state index < -0.39 is 0 Å². The summed E-state index contributed by atoms with van der Waals surface area (Å²) in [5, 5.41) is 5.93. The topological polar surface area (TPSA) is 62.1 Å². The molecule has 146 valence electrons. The fourth-order valence-electron chi connectivity index (χ4n) is 4.11. The number of halogens is 1. The molecule has 1 N–H and O–H groups in total. The first-order valence-corrected chi connectivity index (χ1v) is 10.1. The van der Waals surface area contributed by atoms with E-state index in [2.05, 4.69) is 34.5 Å². The second-order valence-electron chi connectivity index (χ2n) is 7.44. The Hall–Kier alpha value is -3.05. The Kier molecular flexibility index (Phi) is 4.60. The summed E-state index contributed by atoms with van der Waals surface area (Å²) in [5.41, 5.74) is 3.71. The van der Waals surface area contributed by atoms with E-state index in [-0.39, 0.29) is 5.91 Å². The minimum Gasteiger partial charge on any atom is -0.361 e. The van der Waals surface area contributed by atoms with Crippen molar-refractivity contribution in [3.63, 3.8) is 0 Å².